The molecule has 1 aliphatic heterocycles. The van der Waals surface area contributed by atoms with E-state index in [1.54, 1.807) is 24.0 Å². The molecule has 5 heteroatoms. The number of nitrogens with zero attached hydrogens (tertiary/aromatic N) is 1. The first-order valence-corrected chi connectivity index (χ1v) is 6.18. The molecule has 1 N–H and O–H groups in total. The minimum Gasteiger partial charge on any atom is -0.440 e. The maximum absolute atomic E-state index is 12.1. The van der Waals surface area contributed by atoms with Crippen molar-refractivity contribution in [3.63, 3.8) is 0 Å². The first kappa shape index (κ1) is 12.5. The van der Waals surface area contributed by atoms with Crippen LogP contribution in [0.2, 0.25) is 5.22 Å². The van der Waals surface area contributed by atoms with E-state index in [-0.39, 0.29) is 28.9 Å². The highest BCUT2D eigenvalue weighted by molar-refractivity contribution is 6.29. The van der Waals surface area contributed by atoms with Crippen LogP contribution in [0.15, 0.2) is 16.5 Å². The van der Waals surface area contributed by atoms with Crippen molar-refractivity contribution in [2.45, 2.75) is 25.9 Å². The number of hydrogen-bond acceptors (Lipinski definition) is 3. The Balaban J connectivity index is 2.04. The average molecular weight is 258 g/mol. The quantitative estimate of drug-likeness (QED) is 0.883. The maximum atomic E-state index is 12.1. The summed E-state index contributed by atoms with van der Waals surface area (Å²) in [5.74, 6) is 0.265. The number of furan rings is 1. The number of aliphatic hydroxyl groups excluding tert-OH is 1. The van der Waals surface area contributed by atoms with Crippen LogP contribution in [0.25, 0.3) is 0 Å². The van der Waals surface area contributed by atoms with Crippen LogP contribution in [0.5, 0.6) is 0 Å². The van der Waals surface area contributed by atoms with Crippen LogP contribution >= 0.6 is 11.6 Å². The molecule has 0 spiro atoms. The Morgan fingerprint density at radius 2 is 2.41 bits per heavy atom. The molecule has 17 heavy (non-hydrogen) atoms. The molecule has 2 rings (SSSR count). The fraction of sp³-hybridized carbons (Fsp3) is 0.583. The molecule has 0 radical (unpaired) electrons. The number of piperidine rings is 1. The maximum Gasteiger partial charge on any atom is 0.289 e. The summed E-state index contributed by atoms with van der Waals surface area (Å²) in [4.78, 5) is 13.8. The Morgan fingerprint density at radius 3 is 3.00 bits per heavy atom. The van der Waals surface area contributed by atoms with Crippen molar-refractivity contribution >= 4 is 17.5 Å². The third kappa shape index (κ3) is 2.82. The minimum atomic E-state index is -0.384. The molecule has 0 saturated carbocycles. The molecular formula is C12H16ClNO3. The molecule has 1 aliphatic rings. The fourth-order valence-corrected chi connectivity index (χ4v) is 2.32. The zero-order valence-electron chi connectivity index (χ0n) is 9.73. The van der Waals surface area contributed by atoms with E-state index in [4.69, 9.17) is 16.0 Å². The number of halogens is 1. The van der Waals surface area contributed by atoms with Crippen LogP contribution in [-0.2, 0) is 0 Å². The van der Waals surface area contributed by atoms with Gasteiger partial charge in [-0.3, -0.25) is 4.79 Å². The van der Waals surface area contributed by atoms with E-state index in [2.05, 4.69) is 0 Å². The molecule has 94 valence electrons. The van der Waals surface area contributed by atoms with Gasteiger partial charge in [0.2, 0.25) is 0 Å². The Labute approximate surface area is 105 Å². The van der Waals surface area contributed by atoms with Crippen molar-refractivity contribution in [1.29, 1.82) is 0 Å². The number of likely N-dealkylation sites (tertiary alicyclic amines) is 1. The second-order valence-corrected chi connectivity index (χ2v) is 4.87. The molecule has 1 aromatic heterocycles. The lowest BCUT2D eigenvalue weighted by Crippen LogP contribution is -2.42. The predicted molar refractivity (Wildman–Crippen MR) is 64.0 cm³/mol. The van der Waals surface area contributed by atoms with Crippen molar-refractivity contribution in [3.05, 3.63) is 23.1 Å². The van der Waals surface area contributed by atoms with E-state index < -0.39 is 0 Å². The number of hydrogen-bond donors (Lipinski definition) is 1. The third-order valence-electron chi connectivity index (χ3n) is 3.21. The SMILES string of the molecule is CC(O)C1CCCN(C(=O)c2ccc(Cl)o2)C1. The number of aliphatic hydroxyl groups is 1. The summed E-state index contributed by atoms with van der Waals surface area (Å²) in [5, 5.41) is 9.79. The van der Waals surface area contributed by atoms with Crippen molar-refractivity contribution < 1.29 is 14.3 Å². The molecule has 0 aliphatic carbocycles. The molecule has 1 aromatic rings. The second kappa shape index (κ2) is 5.10. The lowest BCUT2D eigenvalue weighted by molar-refractivity contribution is 0.0443. The number of carbonyl (C=O) groups excluding carboxylic acids is 1. The molecule has 0 aromatic carbocycles. The van der Waals surface area contributed by atoms with Gasteiger partial charge in [-0.25, -0.2) is 0 Å². The molecular weight excluding hydrogens is 242 g/mol. The van der Waals surface area contributed by atoms with Crippen molar-refractivity contribution in [1.82, 2.24) is 4.90 Å². The lowest BCUT2D eigenvalue weighted by atomic mass is 9.93. The zero-order valence-corrected chi connectivity index (χ0v) is 10.5. The second-order valence-electron chi connectivity index (χ2n) is 4.50. The largest absolute Gasteiger partial charge is 0.440 e. The highest BCUT2D eigenvalue weighted by atomic mass is 35.5. The summed E-state index contributed by atoms with van der Waals surface area (Å²) in [6.45, 7) is 3.05. The molecule has 1 fully saturated rings. The predicted octanol–water partition coefficient (Wildman–Crippen LogP) is 2.17. The molecule has 2 atom stereocenters. The lowest BCUT2D eigenvalue weighted by Gasteiger charge is -2.33. The minimum absolute atomic E-state index is 0.151. The normalized spacial score (nSPS) is 22.5. The van der Waals surface area contributed by atoms with Gasteiger partial charge in [-0.2, -0.15) is 0 Å². The fourth-order valence-electron chi connectivity index (χ4n) is 2.17. The van der Waals surface area contributed by atoms with Gasteiger partial charge in [-0.15, -0.1) is 0 Å². The van der Waals surface area contributed by atoms with Crippen LogP contribution in [0.3, 0.4) is 0 Å². The van der Waals surface area contributed by atoms with Crippen LogP contribution in [0.1, 0.15) is 30.3 Å². The van der Waals surface area contributed by atoms with Gasteiger partial charge in [0.25, 0.3) is 5.91 Å². The van der Waals surface area contributed by atoms with Gasteiger partial charge in [0.05, 0.1) is 6.10 Å². The highest BCUT2D eigenvalue weighted by Crippen LogP contribution is 2.22. The van der Waals surface area contributed by atoms with Gasteiger partial charge in [0.15, 0.2) is 11.0 Å². The molecule has 4 nitrogen and oxygen atoms in total. The Hall–Kier alpha value is -1.00. The first-order valence-electron chi connectivity index (χ1n) is 5.80. The van der Waals surface area contributed by atoms with Crippen LogP contribution in [-0.4, -0.2) is 35.1 Å². The Kier molecular flexibility index (Phi) is 3.74. The van der Waals surface area contributed by atoms with E-state index in [9.17, 15) is 9.90 Å². The summed E-state index contributed by atoms with van der Waals surface area (Å²) in [7, 11) is 0. The van der Waals surface area contributed by atoms with Crippen LogP contribution in [0.4, 0.5) is 0 Å². The summed E-state index contributed by atoms with van der Waals surface area (Å²) in [6, 6.07) is 3.14. The van der Waals surface area contributed by atoms with Crippen LogP contribution < -0.4 is 0 Å². The van der Waals surface area contributed by atoms with E-state index in [0.29, 0.717) is 13.1 Å². The smallest absolute Gasteiger partial charge is 0.289 e. The Bertz CT molecular complexity index is 402. The zero-order chi connectivity index (χ0) is 12.4. The molecule has 1 saturated heterocycles. The topological polar surface area (TPSA) is 53.7 Å². The Morgan fingerprint density at radius 1 is 1.65 bits per heavy atom. The summed E-state index contributed by atoms with van der Waals surface area (Å²) in [6.07, 6.45) is 1.49. The standard InChI is InChI=1S/C12H16ClNO3/c1-8(15)9-3-2-6-14(7-9)12(16)10-4-5-11(13)17-10/h4-5,8-9,15H,2-3,6-7H2,1H3. The number of amides is 1. The van der Waals surface area contributed by atoms with Gasteiger partial charge in [-0.1, -0.05) is 0 Å². The van der Waals surface area contributed by atoms with Gasteiger partial charge >= 0.3 is 0 Å². The van der Waals surface area contributed by atoms with E-state index in [1.165, 1.54) is 0 Å². The molecule has 2 heterocycles. The summed E-state index contributed by atoms with van der Waals surface area (Å²) < 4.78 is 5.11. The highest BCUT2D eigenvalue weighted by Gasteiger charge is 2.28. The van der Waals surface area contributed by atoms with Crippen molar-refractivity contribution in [2.75, 3.05) is 13.1 Å². The summed E-state index contributed by atoms with van der Waals surface area (Å²) in [5.41, 5.74) is 0. The van der Waals surface area contributed by atoms with Gasteiger partial charge in [-0.05, 0) is 43.5 Å². The number of carbonyl (C=O) groups is 1. The van der Waals surface area contributed by atoms with Crippen molar-refractivity contribution in [3.8, 4) is 0 Å². The van der Waals surface area contributed by atoms with Gasteiger partial charge < -0.3 is 14.4 Å². The van der Waals surface area contributed by atoms with E-state index >= 15 is 0 Å². The van der Waals surface area contributed by atoms with Crippen molar-refractivity contribution in [2.24, 2.45) is 5.92 Å². The number of rotatable bonds is 2. The summed E-state index contributed by atoms with van der Waals surface area (Å²) >= 11 is 5.65. The third-order valence-corrected chi connectivity index (χ3v) is 3.41. The van der Waals surface area contributed by atoms with E-state index in [1.807, 2.05) is 0 Å². The van der Waals surface area contributed by atoms with Gasteiger partial charge in [0.1, 0.15) is 0 Å². The van der Waals surface area contributed by atoms with Crippen LogP contribution in [0, 0.1) is 5.92 Å². The molecule has 2 unspecified atom stereocenters. The first-order chi connectivity index (χ1) is 8.08. The molecule has 1 amide bonds. The average Bonchev–Trinajstić information content (AvgIpc) is 2.75. The van der Waals surface area contributed by atoms with Gasteiger partial charge in [0, 0.05) is 19.0 Å². The monoisotopic (exact) mass is 257 g/mol. The molecule has 0 bridgehead atoms. The van der Waals surface area contributed by atoms with E-state index in [0.717, 1.165) is 12.8 Å².